The number of pyridine rings is 1. The summed E-state index contributed by atoms with van der Waals surface area (Å²) >= 11 is 7.68. The molecule has 18 heavy (non-hydrogen) atoms. The average Bonchev–Trinajstić information content (AvgIpc) is 2.93. The quantitative estimate of drug-likeness (QED) is 0.685. The fraction of sp³-hybridized carbons (Fsp3) is 0.0833. The van der Waals surface area contributed by atoms with Gasteiger partial charge in [-0.05, 0) is 12.1 Å². The molecule has 0 atom stereocenters. The van der Waals surface area contributed by atoms with Gasteiger partial charge in [0.2, 0.25) is 5.82 Å². The van der Waals surface area contributed by atoms with Gasteiger partial charge in [-0.1, -0.05) is 11.6 Å². The van der Waals surface area contributed by atoms with E-state index in [0.717, 1.165) is 20.8 Å². The second kappa shape index (κ2) is 4.09. The molecule has 88 valence electrons. The largest absolute Gasteiger partial charge is 0.318 e. The Labute approximate surface area is 112 Å². The number of hydrogen-bond acceptors (Lipinski definition) is 4. The summed E-state index contributed by atoms with van der Waals surface area (Å²) in [6, 6.07) is 5.78. The first-order chi connectivity index (χ1) is 8.70. The van der Waals surface area contributed by atoms with E-state index in [2.05, 4.69) is 9.97 Å². The summed E-state index contributed by atoms with van der Waals surface area (Å²) in [7, 11) is 1.82. The highest BCUT2D eigenvalue weighted by Crippen LogP contribution is 2.36. The van der Waals surface area contributed by atoms with Gasteiger partial charge in [-0.15, -0.1) is 11.3 Å². The lowest BCUT2D eigenvalue weighted by atomic mass is 10.3. The Morgan fingerprint density at radius 2 is 2.28 bits per heavy atom. The smallest absolute Gasteiger partial charge is 0.212 e. The molecule has 3 aromatic heterocycles. The molecule has 3 rings (SSSR count). The molecule has 4 nitrogen and oxygen atoms in total. The van der Waals surface area contributed by atoms with Crippen molar-refractivity contribution in [3.63, 3.8) is 0 Å². The summed E-state index contributed by atoms with van der Waals surface area (Å²) < 4.78 is 2.72. The van der Waals surface area contributed by atoms with Gasteiger partial charge in [0, 0.05) is 13.2 Å². The Morgan fingerprint density at radius 1 is 1.44 bits per heavy atom. The van der Waals surface area contributed by atoms with Crippen molar-refractivity contribution in [3.8, 4) is 16.6 Å². The molecule has 0 aromatic carbocycles. The van der Waals surface area contributed by atoms with Crippen LogP contribution in [0.15, 0.2) is 24.5 Å². The van der Waals surface area contributed by atoms with Gasteiger partial charge in [-0.3, -0.25) is 4.98 Å². The Balaban J connectivity index is 2.23. The van der Waals surface area contributed by atoms with Crippen LogP contribution in [0.5, 0.6) is 0 Å². The molecule has 0 amide bonds. The minimum atomic E-state index is 0.390. The van der Waals surface area contributed by atoms with Gasteiger partial charge in [-0.25, -0.2) is 4.98 Å². The van der Waals surface area contributed by atoms with Crippen molar-refractivity contribution in [3.05, 3.63) is 35.4 Å². The third-order valence-electron chi connectivity index (χ3n) is 2.70. The van der Waals surface area contributed by atoms with Crippen molar-refractivity contribution in [2.75, 3.05) is 0 Å². The lowest BCUT2D eigenvalue weighted by Crippen LogP contribution is -1.93. The standard InChI is InChI=1S/C12H7ClN4S/c1-17-9(6-16-11(17)5-14)10-4-8-12(18-10)7(13)2-3-15-8/h2-4,6H,1H3. The van der Waals surface area contributed by atoms with Gasteiger partial charge in [0.05, 0.1) is 32.0 Å². The van der Waals surface area contributed by atoms with Crippen molar-refractivity contribution in [2.24, 2.45) is 7.05 Å². The molecule has 0 saturated carbocycles. The molecule has 0 fully saturated rings. The Morgan fingerprint density at radius 3 is 2.94 bits per heavy atom. The Bertz CT molecular complexity index is 781. The van der Waals surface area contributed by atoms with E-state index >= 15 is 0 Å². The van der Waals surface area contributed by atoms with Crippen LogP contribution >= 0.6 is 22.9 Å². The number of thiophene rings is 1. The minimum absolute atomic E-state index is 0.390. The monoisotopic (exact) mass is 274 g/mol. The van der Waals surface area contributed by atoms with Crippen molar-refractivity contribution >= 4 is 33.2 Å². The number of aromatic nitrogens is 3. The number of fused-ring (bicyclic) bond motifs is 1. The van der Waals surface area contributed by atoms with Crippen molar-refractivity contribution in [1.29, 1.82) is 5.26 Å². The highest BCUT2D eigenvalue weighted by atomic mass is 35.5. The molecular formula is C12H7ClN4S. The van der Waals surface area contributed by atoms with Crippen LogP contribution in [0.2, 0.25) is 5.02 Å². The topological polar surface area (TPSA) is 54.5 Å². The van der Waals surface area contributed by atoms with E-state index in [4.69, 9.17) is 16.9 Å². The third-order valence-corrected chi connectivity index (χ3v) is 4.31. The Kier molecular flexibility index (Phi) is 2.54. The second-order valence-electron chi connectivity index (χ2n) is 3.76. The fourth-order valence-corrected chi connectivity index (χ4v) is 3.11. The van der Waals surface area contributed by atoms with E-state index in [9.17, 15) is 0 Å². The summed E-state index contributed by atoms with van der Waals surface area (Å²) in [5.74, 6) is 0.390. The maximum absolute atomic E-state index is 8.90. The summed E-state index contributed by atoms with van der Waals surface area (Å²) in [6.07, 6.45) is 3.38. The first-order valence-corrected chi connectivity index (χ1v) is 6.36. The van der Waals surface area contributed by atoms with Crippen LogP contribution in [-0.2, 0) is 7.05 Å². The second-order valence-corrected chi connectivity index (χ2v) is 5.22. The number of hydrogen-bond donors (Lipinski definition) is 0. The van der Waals surface area contributed by atoms with Crippen LogP contribution < -0.4 is 0 Å². The van der Waals surface area contributed by atoms with E-state index in [0.29, 0.717) is 10.8 Å². The molecule has 0 bridgehead atoms. The van der Waals surface area contributed by atoms with Crippen LogP contribution in [0.3, 0.4) is 0 Å². The summed E-state index contributed by atoms with van der Waals surface area (Å²) in [4.78, 5) is 9.34. The van der Waals surface area contributed by atoms with Crippen molar-refractivity contribution in [1.82, 2.24) is 14.5 Å². The SMILES string of the molecule is Cn1c(-c2cc3nccc(Cl)c3s2)cnc1C#N. The molecular weight excluding hydrogens is 268 g/mol. The van der Waals surface area contributed by atoms with Gasteiger partial charge in [-0.2, -0.15) is 5.26 Å². The van der Waals surface area contributed by atoms with Crippen molar-refractivity contribution in [2.45, 2.75) is 0 Å². The third kappa shape index (κ3) is 1.58. The van der Waals surface area contributed by atoms with E-state index in [1.807, 2.05) is 19.2 Å². The normalized spacial score (nSPS) is 10.7. The average molecular weight is 275 g/mol. The molecule has 6 heteroatoms. The summed E-state index contributed by atoms with van der Waals surface area (Å²) in [6.45, 7) is 0. The molecule has 0 unspecified atom stereocenters. The van der Waals surface area contributed by atoms with Crippen LogP contribution in [0.4, 0.5) is 0 Å². The van der Waals surface area contributed by atoms with Gasteiger partial charge < -0.3 is 4.57 Å². The molecule has 0 N–H and O–H groups in total. The maximum Gasteiger partial charge on any atom is 0.212 e. The number of nitrogens with zero attached hydrogens (tertiary/aromatic N) is 4. The van der Waals surface area contributed by atoms with Crippen LogP contribution in [-0.4, -0.2) is 14.5 Å². The summed E-state index contributed by atoms with van der Waals surface area (Å²) in [5, 5.41) is 9.59. The van der Waals surface area contributed by atoms with E-state index in [1.54, 1.807) is 34.4 Å². The number of nitriles is 1. The molecule has 0 saturated heterocycles. The van der Waals surface area contributed by atoms with E-state index in [1.165, 1.54) is 0 Å². The van der Waals surface area contributed by atoms with E-state index < -0.39 is 0 Å². The molecule has 3 aromatic rings. The lowest BCUT2D eigenvalue weighted by molar-refractivity contribution is 0.899. The first-order valence-electron chi connectivity index (χ1n) is 5.17. The molecule has 3 heterocycles. The zero-order chi connectivity index (χ0) is 12.7. The molecule has 0 aliphatic carbocycles. The van der Waals surface area contributed by atoms with Gasteiger partial charge in [0.25, 0.3) is 0 Å². The molecule has 0 aliphatic heterocycles. The van der Waals surface area contributed by atoms with Gasteiger partial charge in [0.15, 0.2) is 0 Å². The summed E-state index contributed by atoms with van der Waals surface area (Å²) in [5.41, 5.74) is 1.76. The maximum atomic E-state index is 8.90. The minimum Gasteiger partial charge on any atom is -0.318 e. The molecule has 0 spiro atoms. The molecule has 0 radical (unpaired) electrons. The van der Waals surface area contributed by atoms with Crippen molar-refractivity contribution < 1.29 is 0 Å². The molecule has 0 aliphatic rings. The zero-order valence-corrected chi connectivity index (χ0v) is 11.0. The Hall–Kier alpha value is -1.90. The van der Waals surface area contributed by atoms with Gasteiger partial charge in [0.1, 0.15) is 6.07 Å². The van der Waals surface area contributed by atoms with Gasteiger partial charge >= 0.3 is 0 Å². The lowest BCUT2D eigenvalue weighted by Gasteiger charge is -1.97. The predicted molar refractivity (Wildman–Crippen MR) is 71.5 cm³/mol. The van der Waals surface area contributed by atoms with E-state index in [-0.39, 0.29) is 0 Å². The number of imidazole rings is 1. The zero-order valence-electron chi connectivity index (χ0n) is 9.38. The van der Waals surface area contributed by atoms with Crippen LogP contribution in [0, 0.1) is 11.3 Å². The highest BCUT2D eigenvalue weighted by molar-refractivity contribution is 7.22. The number of rotatable bonds is 1. The highest BCUT2D eigenvalue weighted by Gasteiger charge is 2.12. The van der Waals surface area contributed by atoms with Crippen LogP contribution in [0.1, 0.15) is 5.82 Å². The fourth-order valence-electron chi connectivity index (χ4n) is 1.78. The first kappa shape index (κ1) is 11.2. The van der Waals surface area contributed by atoms with Crippen LogP contribution in [0.25, 0.3) is 20.8 Å². The predicted octanol–water partition coefficient (Wildman–Crippen LogP) is 3.22. The number of halogens is 1.